The number of nitrogens with zero attached hydrogens (tertiary/aromatic N) is 1. The van der Waals surface area contributed by atoms with Gasteiger partial charge in [-0.05, 0) is 50.7 Å². The summed E-state index contributed by atoms with van der Waals surface area (Å²) in [6.45, 7) is 2.25. The van der Waals surface area contributed by atoms with E-state index >= 15 is 0 Å². The molecule has 2 N–H and O–H groups in total. The molecule has 2 rings (SSSR count). The molecule has 0 fully saturated rings. The molecule has 0 aromatic carbocycles. The minimum absolute atomic E-state index is 0.104. The van der Waals surface area contributed by atoms with Crippen LogP contribution in [0.15, 0.2) is 30.0 Å². The molecular formula is C18H27N3O2. The van der Waals surface area contributed by atoms with Crippen LogP contribution in [0.2, 0.25) is 0 Å². The van der Waals surface area contributed by atoms with E-state index < -0.39 is 0 Å². The summed E-state index contributed by atoms with van der Waals surface area (Å²) in [4.78, 5) is 16.3. The van der Waals surface area contributed by atoms with Gasteiger partial charge in [-0.3, -0.25) is 4.79 Å². The molecule has 1 aromatic rings. The highest BCUT2D eigenvalue weighted by atomic mass is 16.5. The van der Waals surface area contributed by atoms with Crippen molar-refractivity contribution in [3.05, 3.63) is 35.7 Å². The predicted octanol–water partition coefficient (Wildman–Crippen LogP) is 3.15. The lowest BCUT2D eigenvalue weighted by molar-refractivity contribution is 0.0949. The molecule has 0 unspecified atom stereocenters. The lowest BCUT2D eigenvalue weighted by Gasteiger charge is -2.13. The molecule has 1 aliphatic carbocycles. The number of amides is 1. The van der Waals surface area contributed by atoms with Gasteiger partial charge in [0, 0.05) is 26.8 Å². The Morgan fingerprint density at radius 3 is 2.91 bits per heavy atom. The summed E-state index contributed by atoms with van der Waals surface area (Å²) in [5.41, 5.74) is 2.86. The third-order valence-corrected chi connectivity index (χ3v) is 3.97. The Labute approximate surface area is 138 Å². The van der Waals surface area contributed by atoms with Crippen LogP contribution in [0.25, 0.3) is 0 Å². The Balaban J connectivity index is 1.70. The van der Waals surface area contributed by atoms with Gasteiger partial charge in [-0.25, -0.2) is 4.98 Å². The van der Waals surface area contributed by atoms with Crippen LogP contribution in [0, 0.1) is 0 Å². The van der Waals surface area contributed by atoms with Crippen molar-refractivity contribution in [1.82, 2.24) is 10.3 Å². The number of aromatic nitrogens is 1. The number of carbonyl (C=O) groups excluding carboxylic acids is 1. The van der Waals surface area contributed by atoms with Crippen molar-refractivity contribution >= 4 is 11.6 Å². The Kier molecular flexibility index (Phi) is 7.60. The number of methoxy groups -OCH3 is 1. The second-order valence-corrected chi connectivity index (χ2v) is 5.82. The highest BCUT2D eigenvalue weighted by Gasteiger charge is 2.08. The van der Waals surface area contributed by atoms with E-state index in [1.807, 2.05) is 6.07 Å². The number of hydrogen-bond acceptors (Lipinski definition) is 4. The van der Waals surface area contributed by atoms with Crippen molar-refractivity contribution < 1.29 is 9.53 Å². The summed E-state index contributed by atoms with van der Waals surface area (Å²) in [7, 11) is 1.69. The average molecular weight is 317 g/mol. The van der Waals surface area contributed by atoms with Gasteiger partial charge in [0.15, 0.2) is 0 Å². The second kappa shape index (κ2) is 10.0. The topological polar surface area (TPSA) is 63.2 Å². The molecule has 1 aliphatic rings. The first-order valence-corrected chi connectivity index (χ1v) is 8.44. The monoisotopic (exact) mass is 317 g/mol. The van der Waals surface area contributed by atoms with Gasteiger partial charge in [0.25, 0.3) is 5.91 Å². The molecule has 1 amide bonds. The van der Waals surface area contributed by atoms with Gasteiger partial charge < -0.3 is 15.4 Å². The molecule has 0 bridgehead atoms. The van der Waals surface area contributed by atoms with Crippen LogP contribution in [0.5, 0.6) is 0 Å². The Hall–Kier alpha value is -1.88. The molecule has 126 valence electrons. The molecule has 5 heteroatoms. The van der Waals surface area contributed by atoms with E-state index in [9.17, 15) is 4.79 Å². The lowest BCUT2D eigenvalue weighted by Crippen LogP contribution is -2.25. The first-order valence-electron chi connectivity index (χ1n) is 8.44. The second-order valence-electron chi connectivity index (χ2n) is 5.82. The van der Waals surface area contributed by atoms with E-state index in [0.29, 0.717) is 12.2 Å². The molecule has 23 heavy (non-hydrogen) atoms. The normalized spacial score (nSPS) is 14.2. The van der Waals surface area contributed by atoms with E-state index in [1.54, 1.807) is 19.4 Å². The van der Waals surface area contributed by atoms with Crippen LogP contribution in [-0.2, 0) is 4.74 Å². The number of carbonyl (C=O) groups is 1. The molecule has 0 aliphatic heterocycles. The fraction of sp³-hybridized carbons (Fsp3) is 0.556. The Bertz CT molecular complexity index is 512. The van der Waals surface area contributed by atoms with Crippen LogP contribution in [-0.4, -0.2) is 37.7 Å². The minimum Gasteiger partial charge on any atom is -0.385 e. The number of hydrogen-bond donors (Lipinski definition) is 2. The van der Waals surface area contributed by atoms with Crippen LogP contribution in [0.1, 0.15) is 49.0 Å². The fourth-order valence-electron chi connectivity index (χ4n) is 2.64. The number of nitrogens with one attached hydrogen (secondary N) is 2. The van der Waals surface area contributed by atoms with Crippen LogP contribution < -0.4 is 10.6 Å². The van der Waals surface area contributed by atoms with Gasteiger partial charge in [-0.15, -0.1) is 0 Å². The first-order chi connectivity index (χ1) is 11.3. The quantitative estimate of drug-likeness (QED) is 0.542. The molecule has 0 spiro atoms. The van der Waals surface area contributed by atoms with Crippen LogP contribution in [0.3, 0.4) is 0 Å². The van der Waals surface area contributed by atoms with Crippen molar-refractivity contribution in [2.24, 2.45) is 0 Å². The van der Waals surface area contributed by atoms with Crippen molar-refractivity contribution in [1.29, 1.82) is 0 Å². The Morgan fingerprint density at radius 2 is 2.22 bits per heavy atom. The van der Waals surface area contributed by atoms with Crippen molar-refractivity contribution in [2.45, 2.75) is 38.5 Å². The molecule has 0 saturated carbocycles. The number of allylic oxidation sites excluding steroid dienone is 1. The summed E-state index contributed by atoms with van der Waals surface area (Å²) >= 11 is 0. The zero-order valence-corrected chi connectivity index (χ0v) is 13.9. The van der Waals surface area contributed by atoms with Crippen molar-refractivity contribution in [3.63, 3.8) is 0 Å². The van der Waals surface area contributed by atoms with Gasteiger partial charge in [0.1, 0.15) is 5.69 Å². The predicted molar refractivity (Wildman–Crippen MR) is 92.7 cm³/mol. The maximum atomic E-state index is 12.1. The largest absolute Gasteiger partial charge is 0.385 e. The number of anilines is 1. The summed E-state index contributed by atoms with van der Waals surface area (Å²) in [6.07, 6.45) is 10.8. The summed E-state index contributed by atoms with van der Waals surface area (Å²) in [6, 6.07) is 3.65. The van der Waals surface area contributed by atoms with Gasteiger partial charge >= 0.3 is 0 Å². The Morgan fingerprint density at radius 1 is 1.30 bits per heavy atom. The SMILES string of the molecule is COCCCNc1ccc(C(=O)NCCC2=CCCCC2)nc1. The summed E-state index contributed by atoms with van der Waals surface area (Å²) in [5, 5.41) is 6.20. The van der Waals surface area contributed by atoms with E-state index in [0.717, 1.165) is 31.7 Å². The number of pyridine rings is 1. The van der Waals surface area contributed by atoms with E-state index in [4.69, 9.17) is 4.74 Å². The molecule has 1 aromatic heterocycles. The third kappa shape index (κ3) is 6.40. The summed E-state index contributed by atoms with van der Waals surface area (Å²) in [5.74, 6) is -0.104. The molecule has 0 atom stereocenters. The molecule has 0 radical (unpaired) electrons. The fourth-order valence-corrected chi connectivity index (χ4v) is 2.64. The van der Waals surface area contributed by atoms with Gasteiger partial charge in [0.2, 0.25) is 0 Å². The van der Waals surface area contributed by atoms with E-state index in [1.165, 1.54) is 31.3 Å². The zero-order valence-electron chi connectivity index (χ0n) is 13.9. The standard InChI is InChI=1S/C18H27N3O2/c1-23-13-5-11-19-16-8-9-17(21-14-16)18(22)20-12-10-15-6-3-2-4-7-15/h6,8-9,14,19H,2-5,7,10-13H2,1H3,(H,20,22). The summed E-state index contributed by atoms with van der Waals surface area (Å²) < 4.78 is 5.00. The van der Waals surface area contributed by atoms with Crippen molar-refractivity contribution in [3.8, 4) is 0 Å². The maximum absolute atomic E-state index is 12.1. The molecule has 5 nitrogen and oxygen atoms in total. The van der Waals surface area contributed by atoms with Crippen LogP contribution in [0.4, 0.5) is 5.69 Å². The first kappa shape index (κ1) is 17.5. The highest BCUT2D eigenvalue weighted by molar-refractivity contribution is 5.92. The van der Waals surface area contributed by atoms with Gasteiger partial charge in [-0.1, -0.05) is 11.6 Å². The van der Waals surface area contributed by atoms with Gasteiger partial charge in [-0.2, -0.15) is 0 Å². The lowest BCUT2D eigenvalue weighted by atomic mass is 9.97. The van der Waals surface area contributed by atoms with E-state index in [-0.39, 0.29) is 5.91 Å². The highest BCUT2D eigenvalue weighted by Crippen LogP contribution is 2.19. The van der Waals surface area contributed by atoms with Crippen LogP contribution >= 0.6 is 0 Å². The maximum Gasteiger partial charge on any atom is 0.269 e. The average Bonchev–Trinajstić information content (AvgIpc) is 2.60. The zero-order chi connectivity index (χ0) is 16.3. The smallest absolute Gasteiger partial charge is 0.269 e. The minimum atomic E-state index is -0.104. The van der Waals surface area contributed by atoms with Crippen molar-refractivity contribution in [2.75, 3.05) is 32.1 Å². The number of rotatable bonds is 9. The van der Waals surface area contributed by atoms with E-state index in [2.05, 4.69) is 21.7 Å². The molecule has 1 heterocycles. The van der Waals surface area contributed by atoms with Gasteiger partial charge in [0.05, 0.1) is 11.9 Å². The number of ether oxygens (including phenoxy) is 1. The molecule has 0 saturated heterocycles. The molecular weight excluding hydrogens is 290 g/mol. The third-order valence-electron chi connectivity index (χ3n) is 3.97.